The molecule has 0 bridgehead atoms. The largest absolute Gasteiger partial charge is 0.419 e. The van der Waals surface area contributed by atoms with E-state index in [1.165, 1.54) is 4.57 Å². The predicted molar refractivity (Wildman–Crippen MR) is 68.6 cm³/mol. The molecule has 1 atom stereocenters. The molecule has 0 aliphatic rings. The number of hydrogen-bond acceptors (Lipinski definition) is 3. The van der Waals surface area contributed by atoms with Crippen molar-refractivity contribution in [2.24, 2.45) is 7.05 Å². The molecule has 0 radical (unpaired) electrons. The van der Waals surface area contributed by atoms with Crippen molar-refractivity contribution in [2.45, 2.75) is 6.04 Å². The standard InChI is InChI=1S/C12H15ClN2O2/c1-14(2)10(7-13)8-4-5-11-9(6-8)15(3)12(16)17-11/h4-6,10H,7H2,1-3H3. The molecular weight excluding hydrogens is 240 g/mol. The van der Waals surface area contributed by atoms with Gasteiger partial charge in [-0.2, -0.15) is 0 Å². The average Bonchev–Trinajstić information content (AvgIpc) is 2.56. The average molecular weight is 255 g/mol. The lowest BCUT2D eigenvalue weighted by Gasteiger charge is -2.22. The van der Waals surface area contributed by atoms with Crippen LogP contribution in [-0.4, -0.2) is 29.4 Å². The molecule has 92 valence electrons. The number of nitrogens with zero attached hydrogens (tertiary/aromatic N) is 2. The second-order valence-corrected chi connectivity index (χ2v) is 4.60. The number of aryl methyl sites for hydroxylation is 1. The normalized spacial score (nSPS) is 13.5. The maximum absolute atomic E-state index is 11.4. The van der Waals surface area contributed by atoms with E-state index in [-0.39, 0.29) is 11.8 Å². The zero-order valence-electron chi connectivity index (χ0n) is 10.1. The Hall–Kier alpha value is -1.26. The summed E-state index contributed by atoms with van der Waals surface area (Å²) in [5.74, 6) is 0.161. The van der Waals surface area contributed by atoms with Crippen LogP contribution >= 0.6 is 11.6 Å². The summed E-state index contributed by atoms with van der Waals surface area (Å²) in [5, 5.41) is 0. The van der Waals surface area contributed by atoms with E-state index in [2.05, 4.69) is 0 Å². The van der Waals surface area contributed by atoms with Crippen molar-refractivity contribution in [1.82, 2.24) is 9.47 Å². The molecule has 0 saturated heterocycles. The smallest absolute Gasteiger partial charge is 0.408 e. The Morgan fingerprint density at radius 3 is 2.76 bits per heavy atom. The van der Waals surface area contributed by atoms with Crippen LogP contribution in [0.2, 0.25) is 0 Å². The topological polar surface area (TPSA) is 38.4 Å². The highest BCUT2D eigenvalue weighted by atomic mass is 35.5. The minimum absolute atomic E-state index is 0.131. The van der Waals surface area contributed by atoms with E-state index < -0.39 is 0 Å². The van der Waals surface area contributed by atoms with Gasteiger partial charge in [-0.1, -0.05) is 6.07 Å². The van der Waals surface area contributed by atoms with E-state index in [9.17, 15) is 4.79 Å². The molecule has 0 spiro atoms. The first-order valence-electron chi connectivity index (χ1n) is 5.36. The number of aromatic nitrogens is 1. The summed E-state index contributed by atoms with van der Waals surface area (Å²) in [6.07, 6.45) is 0. The van der Waals surface area contributed by atoms with Crippen LogP contribution in [0.5, 0.6) is 0 Å². The van der Waals surface area contributed by atoms with E-state index in [0.29, 0.717) is 11.5 Å². The molecule has 1 heterocycles. The molecule has 0 aliphatic heterocycles. The number of halogens is 1. The van der Waals surface area contributed by atoms with Crippen molar-refractivity contribution in [3.63, 3.8) is 0 Å². The molecule has 0 N–H and O–H groups in total. The zero-order chi connectivity index (χ0) is 12.6. The summed E-state index contributed by atoms with van der Waals surface area (Å²) < 4.78 is 6.59. The monoisotopic (exact) mass is 254 g/mol. The van der Waals surface area contributed by atoms with Crippen LogP contribution in [0.1, 0.15) is 11.6 Å². The Bertz CT molecular complexity index is 586. The Labute approximate surface area is 104 Å². The van der Waals surface area contributed by atoms with Crippen LogP contribution in [0.3, 0.4) is 0 Å². The molecule has 0 amide bonds. The van der Waals surface area contributed by atoms with Crippen molar-refractivity contribution >= 4 is 22.7 Å². The molecule has 5 heteroatoms. The first kappa shape index (κ1) is 12.2. The number of fused-ring (bicyclic) bond motifs is 1. The Kier molecular flexibility index (Phi) is 3.26. The summed E-state index contributed by atoms with van der Waals surface area (Å²) in [4.78, 5) is 13.4. The van der Waals surface area contributed by atoms with Crippen molar-refractivity contribution in [3.8, 4) is 0 Å². The summed E-state index contributed by atoms with van der Waals surface area (Å²) in [6, 6.07) is 5.84. The molecule has 2 rings (SSSR count). The van der Waals surface area contributed by atoms with Crippen molar-refractivity contribution in [1.29, 1.82) is 0 Å². The predicted octanol–water partition coefficient (Wildman–Crippen LogP) is 1.97. The quantitative estimate of drug-likeness (QED) is 0.786. The van der Waals surface area contributed by atoms with Gasteiger partial charge in [0.05, 0.1) is 5.52 Å². The molecular formula is C12H15ClN2O2. The van der Waals surface area contributed by atoms with E-state index >= 15 is 0 Å². The number of oxazole rings is 1. The fourth-order valence-electron chi connectivity index (χ4n) is 1.88. The molecule has 1 aromatic heterocycles. The second-order valence-electron chi connectivity index (χ2n) is 4.29. The Morgan fingerprint density at radius 1 is 1.47 bits per heavy atom. The Morgan fingerprint density at radius 2 is 2.18 bits per heavy atom. The summed E-state index contributed by atoms with van der Waals surface area (Å²) in [5.41, 5.74) is 2.48. The summed E-state index contributed by atoms with van der Waals surface area (Å²) in [6.45, 7) is 0. The van der Waals surface area contributed by atoms with Crippen LogP contribution < -0.4 is 5.76 Å². The van der Waals surface area contributed by atoms with E-state index in [1.54, 1.807) is 7.05 Å². The number of alkyl halides is 1. The molecule has 0 aliphatic carbocycles. The van der Waals surface area contributed by atoms with Gasteiger partial charge < -0.3 is 9.32 Å². The lowest BCUT2D eigenvalue weighted by molar-refractivity contribution is 0.324. The third-order valence-electron chi connectivity index (χ3n) is 2.97. The number of benzene rings is 1. The van der Waals surface area contributed by atoms with Crippen LogP contribution in [0.4, 0.5) is 0 Å². The van der Waals surface area contributed by atoms with Gasteiger partial charge in [-0.25, -0.2) is 4.79 Å². The third-order valence-corrected chi connectivity index (χ3v) is 3.26. The maximum atomic E-state index is 11.4. The minimum Gasteiger partial charge on any atom is -0.408 e. The highest BCUT2D eigenvalue weighted by Gasteiger charge is 2.15. The lowest BCUT2D eigenvalue weighted by atomic mass is 10.1. The van der Waals surface area contributed by atoms with Gasteiger partial charge in [0.15, 0.2) is 5.58 Å². The maximum Gasteiger partial charge on any atom is 0.419 e. The molecule has 1 aromatic carbocycles. The van der Waals surface area contributed by atoms with Gasteiger partial charge in [-0.15, -0.1) is 11.6 Å². The van der Waals surface area contributed by atoms with E-state index in [0.717, 1.165) is 11.1 Å². The molecule has 0 saturated carbocycles. The number of hydrogen-bond donors (Lipinski definition) is 0. The van der Waals surface area contributed by atoms with Gasteiger partial charge in [0.25, 0.3) is 0 Å². The highest BCUT2D eigenvalue weighted by Crippen LogP contribution is 2.23. The molecule has 2 aromatic rings. The van der Waals surface area contributed by atoms with Gasteiger partial charge in [0.1, 0.15) is 0 Å². The fourth-order valence-corrected chi connectivity index (χ4v) is 2.33. The number of rotatable bonds is 3. The lowest BCUT2D eigenvalue weighted by Crippen LogP contribution is -2.21. The third kappa shape index (κ3) is 2.10. The SMILES string of the molecule is CN(C)C(CCl)c1ccc2oc(=O)n(C)c2c1. The van der Waals surface area contributed by atoms with E-state index in [1.807, 2.05) is 37.2 Å². The Balaban J connectivity index is 2.57. The van der Waals surface area contributed by atoms with Crippen LogP contribution in [0, 0.1) is 0 Å². The van der Waals surface area contributed by atoms with Crippen molar-refractivity contribution in [2.75, 3.05) is 20.0 Å². The first-order chi connectivity index (χ1) is 8.04. The van der Waals surface area contributed by atoms with Gasteiger partial charge in [-0.05, 0) is 31.8 Å². The molecule has 4 nitrogen and oxygen atoms in total. The molecule has 0 fully saturated rings. The van der Waals surface area contributed by atoms with Gasteiger partial charge in [-0.3, -0.25) is 4.57 Å². The van der Waals surface area contributed by atoms with Gasteiger partial charge in [0, 0.05) is 19.0 Å². The van der Waals surface area contributed by atoms with Crippen molar-refractivity contribution in [3.05, 3.63) is 34.3 Å². The zero-order valence-corrected chi connectivity index (χ0v) is 10.9. The van der Waals surface area contributed by atoms with Crippen molar-refractivity contribution < 1.29 is 4.42 Å². The van der Waals surface area contributed by atoms with Gasteiger partial charge >= 0.3 is 5.76 Å². The molecule has 17 heavy (non-hydrogen) atoms. The molecule has 1 unspecified atom stereocenters. The summed E-state index contributed by atoms with van der Waals surface area (Å²) >= 11 is 5.96. The second kappa shape index (κ2) is 4.55. The van der Waals surface area contributed by atoms with Gasteiger partial charge in [0.2, 0.25) is 0 Å². The minimum atomic E-state index is -0.343. The highest BCUT2D eigenvalue weighted by molar-refractivity contribution is 6.18. The first-order valence-corrected chi connectivity index (χ1v) is 5.90. The van der Waals surface area contributed by atoms with E-state index in [4.69, 9.17) is 16.0 Å². The van der Waals surface area contributed by atoms with Crippen LogP contribution in [0.25, 0.3) is 11.1 Å². The summed E-state index contributed by atoms with van der Waals surface area (Å²) in [7, 11) is 5.65. The van der Waals surface area contributed by atoms with Crippen LogP contribution in [-0.2, 0) is 7.05 Å². The van der Waals surface area contributed by atoms with Crippen LogP contribution in [0.15, 0.2) is 27.4 Å². The fraction of sp³-hybridized carbons (Fsp3) is 0.417.